The molecule has 1 rings (SSSR count). The Morgan fingerprint density at radius 3 is 2.50 bits per heavy atom. The molecule has 3 nitrogen and oxygen atoms in total. The standard InChI is InChI=1S/C13H18Cl2N2O/c1-8(2)5-9(7-16)13(18)17-10-3-4-11(14)12(15)6-10/h3-4,6,8-9H,5,7,16H2,1-2H3,(H,17,18). The number of hydrogen-bond acceptors (Lipinski definition) is 2. The summed E-state index contributed by atoms with van der Waals surface area (Å²) >= 11 is 11.7. The zero-order valence-electron chi connectivity index (χ0n) is 10.5. The van der Waals surface area contributed by atoms with Crippen molar-refractivity contribution in [2.24, 2.45) is 17.6 Å². The zero-order chi connectivity index (χ0) is 13.7. The number of rotatable bonds is 5. The minimum absolute atomic E-state index is 0.0791. The van der Waals surface area contributed by atoms with E-state index in [9.17, 15) is 4.79 Å². The van der Waals surface area contributed by atoms with Crippen LogP contribution in [0.15, 0.2) is 18.2 Å². The van der Waals surface area contributed by atoms with E-state index in [-0.39, 0.29) is 11.8 Å². The molecule has 1 atom stereocenters. The molecule has 0 fully saturated rings. The summed E-state index contributed by atoms with van der Waals surface area (Å²) in [5.74, 6) is 0.169. The topological polar surface area (TPSA) is 55.1 Å². The van der Waals surface area contributed by atoms with E-state index in [4.69, 9.17) is 28.9 Å². The van der Waals surface area contributed by atoms with Crippen LogP contribution in [-0.4, -0.2) is 12.5 Å². The summed E-state index contributed by atoms with van der Waals surface area (Å²) < 4.78 is 0. The highest BCUT2D eigenvalue weighted by Crippen LogP contribution is 2.25. The molecule has 0 spiro atoms. The lowest BCUT2D eigenvalue weighted by Gasteiger charge is -2.17. The minimum Gasteiger partial charge on any atom is -0.330 e. The second-order valence-electron chi connectivity index (χ2n) is 4.68. The van der Waals surface area contributed by atoms with E-state index in [0.29, 0.717) is 28.2 Å². The summed E-state index contributed by atoms with van der Waals surface area (Å²) in [7, 11) is 0. The van der Waals surface area contributed by atoms with Crippen LogP contribution in [0.1, 0.15) is 20.3 Å². The lowest BCUT2D eigenvalue weighted by Crippen LogP contribution is -2.30. The van der Waals surface area contributed by atoms with E-state index in [2.05, 4.69) is 19.2 Å². The van der Waals surface area contributed by atoms with Gasteiger partial charge in [-0.3, -0.25) is 4.79 Å². The normalized spacial score (nSPS) is 12.6. The first-order valence-corrected chi connectivity index (χ1v) is 6.65. The SMILES string of the molecule is CC(C)CC(CN)C(=O)Nc1ccc(Cl)c(Cl)c1. The summed E-state index contributed by atoms with van der Waals surface area (Å²) in [4.78, 5) is 12.0. The number of amides is 1. The summed E-state index contributed by atoms with van der Waals surface area (Å²) in [6.07, 6.45) is 0.768. The molecule has 1 aromatic carbocycles. The van der Waals surface area contributed by atoms with Crippen molar-refractivity contribution in [2.45, 2.75) is 20.3 Å². The maximum atomic E-state index is 12.0. The predicted molar refractivity (Wildman–Crippen MR) is 77.1 cm³/mol. The minimum atomic E-state index is -0.181. The second kappa shape index (κ2) is 6.98. The molecule has 1 unspecified atom stereocenters. The van der Waals surface area contributed by atoms with Crippen molar-refractivity contribution in [3.63, 3.8) is 0 Å². The maximum absolute atomic E-state index is 12.0. The predicted octanol–water partition coefficient (Wildman–Crippen LogP) is 3.55. The molecule has 5 heteroatoms. The largest absolute Gasteiger partial charge is 0.330 e. The smallest absolute Gasteiger partial charge is 0.228 e. The molecule has 0 saturated carbocycles. The van der Waals surface area contributed by atoms with E-state index >= 15 is 0 Å². The molecule has 18 heavy (non-hydrogen) atoms. The number of carbonyl (C=O) groups is 1. The maximum Gasteiger partial charge on any atom is 0.228 e. The van der Waals surface area contributed by atoms with Crippen molar-refractivity contribution in [3.05, 3.63) is 28.2 Å². The summed E-state index contributed by atoms with van der Waals surface area (Å²) in [6.45, 7) is 4.47. The van der Waals surface area contributed by atoms with Crippen LogP contribution in [0, 0.1) is 11.8 Å². The van der Waals surface area contributed by atoms with E-state index < -0.39 is 0 Å². The Morgan fingerprint density at radius 2 is 2.00 bits per heavy atom. The Morgan fingerprint density at radius 1 is 1.33 bits per heavy atom. The third kappa shape index (κ3) is 4.48. The van der Waals surface area contributed by atoms with Crippen LogP contribution in [0.2, 0.25) is 10.0 Å². The number of hydrogen-bond donors (Lipinski definition) is 2. The summed E-state index contributed by atoms with van der Waals surface area (Å²) in [5.41, 5.74) is 6.26. The Kier molecular flexibility index (Phi) is 5.93. The van der Waals surface area contributed by atoms with Crippen LogP contribution in [0.5, 0.6) is 0 Å². The van der Waals surface area contributed by atoms with E-state index in [0.717, 1.165) is 6.42 Å². The number of carbonyl (C=O) groups excluding carboxylic acids is 1. The monoisotopic (exact) mass is 288 g/mol. The quantitative estimate of drug-likeness (QED) is 0.871. The highest BCUT2D eigenvalue weighted by Gasteiger charge is 2.18. The van der Waals surface area contributed by atoms with Gasteiger partial charge in [-0.2, -0.15) is 0 Å². The van der Waals surface area contributed by atoms with Crippen molar-refractivity contribution in [2.75, 3.05) is 11.9 Å². The molecule has 3 N–H and O–H groups in total. The Hall–Kier alpha value is -0.770. The Bertz CT molecular complexity index is 421. The lowest BCUT2D eigenvalue weighted by molar-refractivity contribution is -0.120. The molecule has 100 valence electrons. The molecule has 0 aliphatic rings. The average molecular weight is 289 g/mol. The third-order valence-electron chi connectivity index (χ3n) is 2.60. The molecule has 1 amide bonds. The van der Waals surface area contributed by atoms with Crippen molar-refractivity contribution >= 4 is 34.8 Å². The number of benzene rings is 1. The molecular formula is C13H18Cl2N2O. The van der Waals surface area contributed by atoms with Crippen molar-refractivity contribution < 1.29 is 4.79 Å². The van der Waals surface area contributed by atoms with E-state index in [1.807, 2.05) is 0 Å². The summed E-state index contributed by atoms with van der Waals surface area (Å²) in [5, 5.41) is 3.69. The van der Waals surface area contributed by atoms with E-state index in [1.54, 1.807) is 18.2 Å². The van der Waals surface area contributed by atoms with Gasteiger partial charge in [-0.1, -0.05) is 37.0 Å². The van der Waals surface area contributed by atoms with Gasteiger partial charge in [0.15, 0.2) is 0 Å². The number of halogens is 2. The van der Waals surface area contributed by atoms with Gasteiger partial charge in [0.05, 0.1) is 16.0 Å². The molecule has 0 aliphatic carbocycles. The van der Waals surface area contributed by atoms with Crippen LogP contribution in [0.3, 0.4) is 0 Å². The first-order valence-electron chi connectivity index (χ1n) is 5.90. The van der Waals surface area contributed by atoms with E-state index in [1.165, 1.54) is 0 Å². The van der Waals surface area contributed by atoms with Gasteiger partial charge in [0.25, 0.3) is 0 Å². The Labute approximate surface area is 118 Å². The molecular weight excluding hydrogens is 271 g/mol. The van der Waals surface area contributed by atoms with Crippen molar-refractivity contribution in [3.8, 4) is 0 Å². The van der Waals surface area contributed by atoms with Gasteiger partial charge in [-0.05, 0) is 30.5 Å². The van der Waals surface area contributed by atoms with Gasteiger partial charge >= 0.3 is 0 Å². The van der Waals surface area contributed by atoms with Crippen LogP contribution in [0.25, 0.3) is 0 Å². The van der Waals surface area contributed by atoms with Gasteiger partial charge in [0.2, 0.25) is 5.91 Å². The molecule has 0 saturated heterocycles. The zero-order valence-corrected chi connectivity index (χ0v) is 12.1. The molecule has 0 aliphatic heterocycles. The summed E-state index contributed by atoms with van der Waals surface area (Å²) in [6, 6.07) is 5.00. The van der Waals surface area contributed by atoms with Crippen LogP contribution >= 0.6 is 23.2 Å². The lowest BCUT2D eigenvalue weighted by atomic mass is 9.96. The number of nitrogens with one attached hydrogen (secondary N) is 1. The molecule has 0 aromatic heterocycles. The van der Waals surface area contributed by atoms with Gasteiger partial charge in [0, 0.05) is 12.2 Å². The highest BCUT2D eigenvalue weighted by atomic mass is 35.5. The first kappa shape index (κ1) is 15.3. The molecule has 0 bridgehead atoms. The van der Waals surface area contributed by atoms with Crippen LogP contribution in [0.4, 0.5) is 5.69 Å². The third-order valence-corrected chi connectivity index (χ3v) is 3.34. The molecule has 0 radical (unpaired) electrons. The number of anilines is 1. The van der Waals surface area contributed by atoms with Crippen LogP contribution < -0.4 is 11.1 Å². The van der Waals surface area contributed by atoms with Crippen molar-refractivity contribution in [1.82, 2.24) is 0 Å². The fourth-order valence-electron chi connectivity index (χ4n) is 1.70. The van der Waals surface area contributed by atoms with Gasteiger partial charge in [-0.25, -0.2) is 0 Å². The van der Waals surface area contributed by atoms with Crippen LogP contribution in [-0.2, 0) is 4.79 Å². The second-order valence-corrected chi connectivity index (χ2v) is 5.49. The highest BCUT2D eigenvalue weighted by molar-refractivity contribution is 6.42. The van der Waals surface area contributed by atoms with Gasteiger partial charge in [0.1, 0.15) is 0 Å². The fraction of sp³-hybridized carbons (Fsp3) is 0.462. The van der Waals surface area contributed by atoms with Gasteiger partial charge < -0.3 is 11.1 Å². The Balaban J connectivity index is 2.70. The van der Waals surface area contributed by atoms with Crippen molar-refractivity contribution in [1.29, 1.82) is 0 Å². The average Bonchev–Trinajstić information content (AvgIpc) is 2.30. The number of nitrogens with two attached hydrogens (primary N) is 1. The van der Waals surface area contributed by atoms with Gasteiger partial charge in [-0.15, -0.1) is 0 Å². The molecule has 1 aromatic rings. The molecule has 0 heterocycles. The fourth-order valence-corrected chi connectivity index (χ4v) is 2.00. The first-order chi connectivity index (χ1) is 8.43.